The summed E-state index contributed by atoms with van der Waals surface area (Å²) in [7, 11) is 3.08. The minimum absolute atomic E-state index is 0.188. The monoisotopic (exact) mass is 345 g/mol. The summed E-state index contributed by atoms with van der Waals surface area (Å²) in [6.07, 6.45) is 3.57. The molecule has 0 spiro atoms. The lowest BCUT2D eigenvalue weighted by molar-refractivity contribution is -0.145. The predicted octanol–water partition coefficient (Wildman–Crippen LogP) is 1.58. The van der Waals surface area contributed by atoms with Crippen molar-refractivity contribution < 1.29 is 19.1 Å². The fraction of sp³-hybridized carbons (Fsp3) is 0.389. The van der Waals surface area contributed by atoms with E-state index in [1.54, 1.807) is 17.9 Å². The third-order valence-electron chi connectivity index (χ3n) is 3.73. The largest absolute Gasteiger partial charge is 0.494 e. The minimum Gasteiger partial charge on any atom is -0.494 e. The van der Waals surface area contributed by atoms with Gasteiger partial charge in [-0.3, -0.25) is 14.3 Å². The van der Waals surface area contributed by atoms with Crippen LogP contribution in [0.15, 0.2) is 36.7 Å². The van der Waals surface area contributed by atoms with Crippen LogP contribution in [0.2, 0.25) is 0 Å². The molecule has 0 saturated carbocycles. The molecule has 1 amide bonds. The average Bonchev–Trinajstić information content (AvgIpc) is 3.06. The van der Waals surface area contributed by atoms with Gasteiger partial charge in [-0.15, -0.1) is 0 Å². The fourth-order valence-corrected chi connectivity index (χ4v) is 2.43. The number of esters is 1. The third kappa shape index (κ3) is 5.34. The van der Waals surface area contributed by atoms with Crippen LogP contribution in [0.3, 0.4) is 0 Å². The van der Waals surface area contributed by atoms with Crippen LogP contribution in [0.4, 0.5) is 0 Å². The summed E-state index contributed by atoms with van der Waals surface area (Å²) in [4.78, 5) is 24.1. The molecule has 0 saturated heterocycles. The molecule has 0 aliphatic carbocycles. The molecular weight excluding hydrogens is 322 g/mol. The molecule has 1 atom stereocenters. The summed E-state index contributed by atoms with van der Waals surface area (Å²) >= 11 is 0. The normalized spacial score (nSPS) is 11.6. The maximum Gasteiger partial charge on any atom is 0.310 e. The predicted molar refractivity (Wildman–Crippen MR) is 92.4 cm³/mol. The van der Waals surface area contributed by atoms with Crippen molar-refractivity contribution in [1.29, 1.82) is 0 Å². The topological polar surface area (TPSA) is 82.5 Å². The number of amides is 1. The molecule has 0 fully saturated rings. The standard InChI is InChI=1S/C18H23N3O4/c1-4-25-16-7-5-13(6-8-16)9-14(18(23)24-3)10-19-17(22)15-11-20-21(2)12-15/h5-8,11-12,14H,4,9-10H2,1-3H3,(H,19,22)/t14-/m0/s1. The van der Waals surface area contributed by atoms with E-state index in [2.05, 4.69) is 10.4 Å². The van der Waals surface area contributed by atoms with Gasteiger partial charge >= 0.3 is 5.97 Å². The van der Waals surface area contributed by atoms with E-state index in [1.165, 1.54) is 13.3 Å². The van der Waals surface area contributed by atoms with Gasteiger partial charge in [-0.1, -0.05) is 12.1 Å². The van der Waals surface area contributed by atoms with E-state index < -0.39 is 5.92 Å². The average molecular weight is 345 g/mol. The number of aromatic nitrogens is 2. The molecule has 1 heterocycles. The second-order valence-electron chi connectivity index (χ2n) is 5.61. The SMILES string of the molecule is CCOc1ccc(C[C@@H](CNC(=O)c2cnn(C)c2)C(=O)OC)cc1. The summed E-state index contributed by atoms with van der Waals surface area (Å²) in [5.41, 5.74) is 1.42. The molecule has 7 heteroatoms. The number of carbonyl (C=O) groups excluding carboxylic acids is 2. The number of aryl methyl sites for hydroxylation is 1. The zero-order valence-corrected chi connectivity index (χ0v) is 14.7. The van der Waals surface area contributed by atoms with Crippen molar-refractivity contribution >= 4 is 11.9 Å². The highest BCUT2D eigenvalue weighted by atomic mass is 16.5. The van der Waals surface area contributed by atoms with Crippen LogP contribution in [-0.4, -0.2) is 41.9 Å². The third-order valence-corrected chi connectivity index (χ3v) is 3.73. The van der Waals surface area contributed by atoms with E-state index >= 15 is 0 Å². The minimum atomic E-state index is -0.469. The Hall–Kier alpha value is -2.83. The Morgan fingerprint density at radius 2 is 2.00 bits per heavy atom. The Morgan fingerprint density at radius 3 is 2.56 bits per heavy atom. The highest BCUT2D eigenvalue weighted by Crippen LogP contribution is 2.16. The van der Waals surface area contributed by atoms with Crippen molar-refractivity contribution in [3.8, 4) is 5.75 Å². The van der Waals surface area contributed by atoms with Gasteiger partial charge in [0.25, 0.3) is 5.91 Å². The lowest BCUT2D eigenvalue weighted by Crippen LogP contribution is -2.34. The maximum absolute atomic E-state index is 12.1. The smallest absolute Gasteiger partial charge is 0.310 e. The van der Waals surface area contributed by atoms with Gasteiger partial charge in [0.15, 0.2) is 0 Å². The number of methoxy groups -OCH3 is 1. The molecule has 0 radical (unpaired) electrons. The Kier molecular flexibility index (Phi) is 6.56. The molecule has 2 rings (SSSR count). The van der Waals surface area contributed by atoms with Gasteiger partial charge in [-0.25, -0.2) is 0 Å². The van der Waals surface area contributed by atoms with E-state index in [1.807, 2.05) is 31.2 Å². The number of hydrogen-bond acceptors (Lipinski definition) is 5. The number of nitrogens with one attached hydrogen (secondary N) is 1. The number of nitrogens with zero attached hydrogens (tertiary/aromatic N) is 2. The van der Waals surface area contributed by atoms with Crippen LogP contribution in [0.25, 0.3) is 0 Å². The van der Waals surface area contributed by atoms with Crippen molar-refractivity contribution in [1.82, 2.24) is 15.1 Å². The highest BCUT2D eigenvalue weighted by molar-refractivity contribution is 5.93. The van der Waals surface area contributed by atoms with Gasteiger partial charge in [-0.2, -0.15) is 5.10 Å². The first-order chi connectivity index (χ1) is 12.0. The second-order valence-corrected chi connectivity index (χ2v) is 5.61. The first kappa shape index (κ1) is 18.5. The summed E-state index contributed by atoms with van der Waals surface area (Å²) < 4.78 is 11.8. The number of benzene rings is 1. The molecule has 1 aromatic carbocycles. The van der Waals surface area contributed by atoms with Crippen molar-refractivity contribution in [2.45, 2.75) is 13.3 Å². The summed E-state index contributed by atoms with van der Waals surface area (Å²) in [6.45, 7) is 2.71. The molecule has 1 aromatic heterocycles. The second kappa shape index (κ2) is 8.86. The van der Waals surface area contributed by atoms with E-state index in [4.69, 9.17) is 9.47 Å². The molecule has 134 valence electrons. The van der Waals surface area contributed by atoms with Crippen LogP contribution in [0.1, 0.15) is 22.8 Å². The number of rotatable bonds is 8. The first-order valence-corrected chi connectivity index (χ1v) is 8.10. The molecular formula is C18H23N3O4. The highest BCUT2D eigenvalue weighted by Gasteiger charge is 2.21. The van der Waals surface area contributed by atoms with Gasteiger partial charge in [0, 0.05) is 19.8 Å². The van der Waals surface area contributed by atoms with E-state index in [-0.39, 0.29) is 18.4 Å². The van der Waals surface area contributed by atoms with Crippen molar-refractivity contribution in [3.05, 3.63) is 47.8 Å². The van der Waals surface area contributed by atoms with Crippen molar-refractivity contribution in [2.24, 2.45) is 13.0 Å². The van der Waals surface area contributed by atoms with Crippen LogP contribution in [-0.2, 0) is 23.0 Å². The number of hydrogen-bond donors (Lipinski definition) is 1. The van der Waals surface area contributed by atoms with Crippen LogP contribution in [0.5, 0.6) is 5.75 Å². The van der Waals surface area contributed by atoms with E-state index in [9.17, 15) is 9.59 Å². The molecule has 1 N–H and O–H groups in total. The van der Waals surface area contributed by atoms with Gasteiger partial charge in [0.1, 0.15) is 5.75 Å². The zero-order valence-electron chi connectivity index (χ0n) is 14.7. The molecule has 0 unspecified atom stereocenters. The fourth-order valence-electron chi connectivity index (χ4n) is 2.43. The van der Waals surface area contributed by atoms with Crippen molar-refractivity contribution in [2.75, 3.05) is 20.3 Å². The van der Waals surface area contributed by atoms with E-state index in [0.29, 0.717) is 18.6 Å². The Morgan fingerprint density at radius 1 is 1.28 bits per heavy atom. The quantitative estimate of drug-likeness (QED) is 0.735. The zero-order chi connectivity index (χ0) is 18.2. The molecule has 0 aliphatic heterocycles. The van der Waals surface area contributed by atoms with Gasteiger partial charge in [-0.05, 0) is 31.0 Å². The number of ether oxygens (including phenoxy) is 2. The Balaban J connectivity index is 1.98. The summed E-state index contributed by atoms with van der Waals surface area (Å²) in [5.74, 6) is -0.316. The molecule has 0 aliphatic rings. The van der Waals surface area contributed by atoms with Crippen LogP contribution in [0, 0.1) is 5.92 Å². The lowest BCUT2D eigenvalue weighted by atomic mass is 9.99. The number of carbonyl (C=O) groups is 2. The lowest BCUT2D eigenvalue weighted by Gasteiger charge is -2.15. The van der Waals surface area contributed by atoms with E-state index in [0.717, 1.165) is 11.3 Å². The first-order valence-electron chi connectivity index (χ1n) is 8.10. The molecule has 2 aromatic rings. The molecule has 25 heavy (non-hydrogen) atoms. The van der Waals surface area contributed by atoms with Gasteiger partial charge in [0.05, 0.1) is 31.4 Å². The Bertz CT molecular complexity index is 709. The van der Waals surface area contributed by atoms with Gasteiger partial charge < -0.3 is 14.8 Å². The van der Waals surface area contributed by atoms with Gasteiger partial charge in [0.2, 0.25) is 0 Å². The summed E-state index contributed by atoms with van der Waals surface area (Å²) in [5, 5.41) is 6.72. The van der Waals surface area contributed by atoms with Crippen molar-refractivity contribution in [3.63, 3.8) is 0 Å². The molecule has 7 nitrogen and oxygen atoms in total. The van der Waals surface area contributed by atoms with Crippen LogP contribution >= 0.6 is 0 Å². The van der Waals surface area contributed by atoms with Crippen LogP contribution < -0.4 is 10.1 Å². The summed E-state index contributed by atoms with van der Waals surface area (Å²) in [6, 6.07) is 7.54. The Labute approximate surface area is 146 Å². The molecule has 0 bridgehead atoms. The maximum atomic E-state index is 12.1.